The number of nitrogens with zero attached hydrogens (tertiary/aromatic N) is 4. The minimum absolute atomic E-state index is 0.166. The number of alkyl halides is 1. The van der Waals surface area contributed by atoms with Crippen LogP contribution in [-0.2, 0) is 4.74 Å². The highest BCUT2D eigenvalue weighted by Crippen LogP contribution is 2.09. The number of aromatic nitrogens is 4. The first kappa shape index (κ1) is 12.3. The molecule has 0 fully saturated rings. The van der Waals surface area contributed by atoms with Crippen LogP contribution in [0.15, 0.2) is 31.0 Å². The fourth-order valence-electron chi connectivity index (χ4n) is 1.22. The Kier molecular flexibility index (Phi) is 4.08. The molecule has 0 aliphatic carbocycles. The van der Waals surface area contributed by atoms with Crippen LogP contribution in [0.1, 0.15) is 0 Å². The quantitative estimate of drug-likeness (QED) is 0.848. The Morgan fingerprint density at radius 3 is 2.78 bits per heavy atom. The summed E-state index contributed by atoms with van der Waals surface area (Å²) >= 11 is 5.39. The summed E-state index contributed by atoms with van der Waals surface area (Å²) in [5, 5.41) is 9.87. The van der Waals surface area contributed by atoms with E-state index in [0.29, 0.717) is 11.5 Å². The molecule has 0 aliphatic rings. The summed E-state index contributed by atoms with van der Waals surface area (Å²) in [7, 11) is 0. The van der Waals surface area contributed by atoms with Crippen molar-refractivity contribution in [3.63, 3.8) is 0 Å². The number of anilines is 1. The molecular formula is C10H10ClN5O2. The lowest BCUT2D eigenvalue weighted by molar-refractivity contribution is 0.168. The fourth-order valence-corrected chi connectivity index (χ4v) is 1.29. The van der Waals surface area contributed by atoms with Crippen LogP contribution in [0.3, 0.4) is 0 Å². The fraction of sp³-hybridized carbons (Fsp3) is 0.200. The van der Waals surface area contributed by atoms with Crippen LogP contribution in [0.2, 0.25) is 0 Å². The number of hydrogen-bond donors (Lipinski definition) is 1. The van der Waals surface area contributed by atoms with Crippen LogP contribution in [0.25, 0.3) is 5.82 Å². The number of pyridine rings is 1. The SMILES string of the molecule is O=C(Nc1ccc(-n2cnnc2)nc1)OCCCl. The van der Waals surface area contributed by atoms with E-state index in [1.165, 1.54) is 18.9 Å². The zero-order valence-electron chi connectivity index (χ0n) is 9.28. The molecule has 7 nitrogen and oxygen atoms in total. The summed E-state index contributed by atoms with van der Waals surface area (Å²) in [5.41, 5.74) is 0.534. The van der Waals surface area contributed by atoms with Crippen molar-refractivity contribution in [3.8, 4) is 5.82 Å². The normalized spacial score (nSPS) is 10.1. The Bertz CT molecular complexity index is 499. The van der Waals surface area contributed by atoms with Gasteiger partial charge in [0.15, 0.2) is 0 Å². The number of hydrogen-bond acceptors (Lipinski definition) is 5. The number of carbonyl (C=O) groups excluding carboxylic acids is 1. The second-order valence-electron chi connectivity index (χ2n) is 3.22. The third kappa shape index (κ3) is 3.17. The first-order valence-corrected chi connectivity index (χ1v) is 5.64. The molecule has 0 atom stereocenters. The predicted molar refractivity (Wildman–Crippen MR) is 64.8 cm³/mol. The lowest BCUT2D eigenvalue weighted by Gasteiger charge is -2.06. The number of rotatable bonds is 4. The second-order valence-corrected chi connectivity index (χ2v) is 3.60. The van der Waals surface area contributed by atoms with Gasteiger partial charge in [-0.3, -0.25) is 9.88 Å². The lowest BCUT2D eigenvalue weighted by atomic mass is 10.4. The second kappa shape index (κ2) is 5.97. The number of amides is 1. The van der Waals surface area contributed by atoms with E-state index < -0.39 is 6.09 Å². The predicted octanol–water partition coefficient (Wildman–Crippen LogP) is 1.45. The van der Waals surface area contributed by atoms with Gasteiger partial charge in [-0.2, -0.15) is 0 Å². The number of ether oxygens (including phenoxy) is 1. The Morgan fingerprint density at radius 2 is 2.17 bits per heavy atom. The molecule has 2 aromatic rings. The molecule has 2 rings (SSSR count). The maximum Gasteiger partial charge on any atom is 0.411 e. The van der Waals surface area contributed by atoms with Gasteiger partial charge in [-0.25, -0.2) is 9.78 Å². The van der Waals surface area contributed by atoms with Gasteiger partial charge in [0, 0.05) is 0 Å². The number of halogens is 1. The first-order chi connectivity index (χ1) is 8.79. The van der Waals surface area contributed by atoms with E-state index in [4.69, 9.17) is 16.3 Å². The highest BCUT2D eigenvalue weighted by molar-refractivity contribution is 6.18. The molecule has 1 amide bonds. The monoisotopic (exact) mass is 267 g/mol. The smallest absolute Gasteiger partial charge is 0.411 e. The summed E-state index contributed by atoms with van der Waals surface area (Å²) in [6.07, 6.45) is 4.01. The van der Waals surface area contributed by atoms with E-state index in [0.717, 1.165) is 0 Å². The van der Waals surface area contributed by atoms with Gasteiger partial charge in [0.25, 0.3) is 0 Å². The molecule has 94 valence electrons. The van der Waals surface area contributed by atoms with Gasteiger partial charge in [-0.15, -0.1) is 21.8 Å². The zero-order chi connectivity index (χ0) is 12.8. The third-order valence-corrected chi connectivity index (χ3v) is 2.14. The Labute approximate surface area is 108 Å². The van der Waals surface area contributed by atoms with Crippen molar-refractivity contribution in [1.29, 1.82) is 0 Å². The van der Waals surface area contributed by atoms with Gasteiger partial charge in [-0.05, 0) is 12.1 Å². The van der Waals surface area contributed by atoms with Crippen LogP contribution in [0.4, 0.5) is 10.5 Å². The van der Waals surface area contributed by atoms with Crippen LogP contribution >= 0.6 is 11.6 Å². The zero-order valence-corrected chi connectivity index (χ0v) is 10.0. The average Bonchev–Trinajstić information content (AvgIpc) is 2.91. The topological polar surface area (TPSA) is 81.9 Å². The van der Waals surface area contributed by atoms with Gasteiger partial charge in [0.2, 0.25) is 0 Å². The average molecular weight is 268 g/mol. The van der Waals surface area contributed by atoms with Crippen molar-refractivity contribution in [2.24, 2.45) is 0 Å². The molecule has 18 heavy (non-hydrogen) atoms. The Hall–Kier alpha value is -2.15. The molecule has 0 bridgehead atoms. The van der Waals surface area contributed by atoms with Crippen molar-refractivity contribution in [2.75, 3.05) is 17.8 Å². The van der Waals surface area contributed by atoms with Crippen LogP contribution in [0.5, 0.6) is 0 Å². The summed E-state index contributed by atoms with van der Waals surface area (Å²) in [5.74, 6) is 0.915. The van der Waals surface area contributed by atoms with E-state index in [-0.39, 0.29) is 12.5 Å². The van der Waals surface area contributed by atoms with Crippen LogP contribution in [-0.4, -0.2) is 38.3 Å². The molecule has 2 aromatic heterocycles. The van der Waals surface area contributed by atoms with Gasteiger partial charge in [0.05, 0.1) is 17.8 Å². The summed E-state index contributed by atoms with van der Waals surface area (Å²) in [6.45, 7) is 0.166. The number of nitrogens with one attached hydrogen (secondary N) is 1. The largest absolute Gasteiger partial charge is 0.448 e. The molecule has 0 saturated heterocycles. The standard InChI is InChI=1S/C10H10ClN5O2/c11-3-4-18-10(17)15-8-1-2-9(12-5-8)16-6-13-14-7-16/h1-2,5-7H,3-4H2,(H,15,17). The summed E-state index contributed by atoms with van der Waals surface area (Å²) < 4.78 is 6.41. The van der Waals surface area contributed by atoms with Crippen molar-refractivity contribution in [2.45, 2.75) is 0 Å². The minimum Gasteiger partial charge on any atom is -0.448 e. The highest BCUT2D eigenvalue weighted by atomic mass is 35.5. The molecule has 0 aliphatic heterocycles. The van der Waals surface area contributed by atoms with E-state index in [1.807, 2.05) is 0 Å². The summed E-state index contributed by atoms with van der Waals surface area (Å²) in [4.78, 5) is 15.4. The van der Waals surface area contributed by atoms with Crippen LogP contribution in [0, 0.1) is 0 Å². The maximum atomic E-state index is 11.2. The third-order valence-electron chi connectivity index (χ3n) is 1.99. The van der Waals surface area contributed by atoms with Gasteiger partial charge in [0.1, 0.15) is 25.1 Å². The molecule has 0 unspecified atom stereocenters. The highest BCUT2D eigenvalue weighted by Gasteiger charge is 2.03. The number of carbonyl (C=O) groups is 1. The van der Waals surface area contributed by atoms with Crippen molar-refractivity contribution in [3.05, 3.63) is 31.0 Å². The van der Waals surface area contributed by atoms with Crippen LogP contribution < -0.4 is 5.32 Å². The van der Waals surface area contributed by atoms with Crippen molar-refractivity contribution < 1.29 is 9.53 Å². The van der Waals surface area contributed by atoms with E-state index >= 15 is 0 Å². The van der Waals surface area contributed by atoms with E-state index in [1.54, 1.807) is 16.7 Å². The van der Waals surface area contributed by atoms with Gasteiger partial charge < -0.3 is 4.74 Å². The molecular weight excluding hydrogens is 258 g/mol. The van der Waals surface area contributed by atoms with Gasteiger partial charge in [-0.1, -0.05) is 0 Å². The summed E-state index contributed by atoms with van der Waals surface area (Å²) in [6, 6.07) is 3.42. The van der Waals surface area contributed by atoms with Gasteiger partial charge >= 0.3 is 6.09 Å². The molecule has 1 N–H and O–H groups in total. The molecule has 0 saturated carbocycles. The van der Waals surface area contributed by atoms with E-state index in [2.05, 4.69) is 20.5 Å². The van der Waals surface area contributed by atoms with Crippen molar-refractivity contribution >= 4 is 23.4 Å². The maximum absolute atomic E-state index is 11.2. The Morgan fingerprint density at radius 1 is 1.39 bits per heavy atom. The lowest BCUT2D eigenvalue weighted by Crippen LogP contribution is -2.15. The molecule has 0 radical (unpaired) electrons. The molecule has 0 spiro atoms. The molecule has 2 heterocycles. The Balaban J connectivity index is 1.98. The molecule has 8 heteroatoms. The van der Waals surface area contributed by atoms with E-state index in [9.17, 15) is 4.79 Å². The first-order valence-electron chi connectivity index (χ1n) is 5.10. The minimum atomic E-state index is -0.561. The molecule has 0 aromatic carbocycles. The van der Waals surface area contributed by atoms with Crippen molar-refractivity contribution in [1.82, 2.24) is 19.7 Å².